The van der Waals surface area contributed by atoms with E-state index in [-0.39, 0.29) is 16.5 Å². The Hall–Kier alpha value is -3.97. The Kier molecular flexibility index (Phi) is 5.77. The number of hydrogen-bond donors (Lipinski definition) is 2. The van der Waals surface area contributed by atoms with Crippen molar-refractivity contribution in [1.82, 2.24) is 4.98 Å². The molecular formula is C24H19N3O3S. The minimum absolute atomic E-state index is 0.151. The molecule has 1 heterocycles. The molecular weight excluding hydrogens is 410 g/mol. The summed E-state index contributed by atoms with van der Waals surface area (Å²) in [4.78, 5) is 22.2. The first-order valence-corrected chi connectivity index (χ1v) is 10.4. The molecule has 0 aliphatic rings. The van der Waals surface area contributed by atoms with Gasteiger partial charge in [-0.1, -0.05) is 96.2 Å². The highest BCUT2D eigenvalue weighted by Crippen LogP contribution is 2.40. The lowest BCUT2D eigenvalue weighted by molar-refractivity contribution is -0.129. The highest BCUT2D eigenvalue weighted by Gasteiger charge is 2.40. The molecule has 1 aromatic heterocycles. The van der Waals surface area contributed by atoms with Gasteiger partial charge in [-0.05, 0) is 0 Å². The maximum atomic E-state index is 11.9. The van der Waals surface area contributed by atoms with Crippen LogP contribution < -0.4 is 5.73 Å². The number of oxime groups is 1. The summed E-state index contributed by atoms with van der Waals surface area (Å²) in [6.07, 6.45) is 0. The van der Waals surface area contributed by atoms with Gasteiger partial charge in [0.25, 0.3) is 0 Å². The number of carboxylic acid groups (broad SMARTS) is 1. The van der Waals surface area contributed by atoms with Crippen LogP contribution in [0.3, 0.4) is 0 Å². The zero-order chi connectivity index (χ0) is 21.7. The van der Waals surface area contributed by atoms with E-state index < -0.39 is 11.6 Å². The quantitative estimate of drug-likeness (QED) is 0.256. The summed E-state index contributed by atoms with van der Waals surface area (Å²) in [6.45, 7) is 0. The Morgan fingerprint density at radius 2 is 1.32 bits per heavy atom. The van der Waals surface area contributed by atoms with Crippen LogP contribution in [0.2, 0.25) is 0 Å². The molecule has 0 amide bonds. The lowest BCUT2D eigenvalue weighted by atomic mass is 9.80. The van der Waals surface area contributed by atoms with E-state index in [2.05, 4.69) is 10.1 Å². The van der Waals surface area contributed by atoms with Crippen LogP contribution in [0.5, 0.6) is 0 Å². The predicted octanol–water partition coefficient (Wildman–Crippen LogP) is 4.52. The Morgan fingerprint density at radius 1 is 0.871 bits per heavy atom. The van der Waals surface area contributed by atoms with E-state index in [4.69, 9.17) is 10.6 Å². The van der Waals surface area contributed by atoms with Crippen molar-refractivity contribution in [1.29, 1.82) is 0 Å². The van der Waals surface area contributed by atoms with Gasteiger partial charge in [0.1, 0.15) is 5.69 Å². The minimum Gasteiger partial charge on any atom is -0.476 e. The molecule has 3 N–H and O–H groups in total. The SMILES string of the molecule is Nc1nc(/C(=N\OC(c2ccccc2)(c2ccccc2)c2ccccc2)C(=O)O)cs1. The fourth-order valence-corrected chi connectivity index (χ4v) is 3.93. The number of nitrogen functional groups attached to an aromatic ring is 1. The average Bonchev–Trinajstić information content (AvgIpc) is 3.24. The Balaban J connectivity index is 1.95. The van der Waals surface area contributed by atoms with Crippen LogP contribution in [0.4, 0.5) is 5.13 Å². The normalized spacial score (nSPS) is 11.8. The highest BCUT2D eigenvalue weighted by molar-refractivity contribution is 7.13. The van der Waals surface area contributed by atoms with Gasteiger partial charge in [0.05, 0.1) is 0 Å². The molecule has 4 aromatic rings. The number of rotatable bonds is 7. The third-order valence-corrected chi connectivity index (χ3v) is 5.46. The number of nitrogens with two attached hydrogens (primary N) is 1. The van der Waals surface area contributed by atoms with Gasteiger partial charge in [-0.15, -0.1) is 11.3 Å². The first-order chi connectivity index (χ1) is 15.1. The summed E-state index contributed by atoms with van der Waals surface area (Å²) in [5, 5.41) is 15.7. The van der Waals surface area contributed by atoms with Gasteiger partial charge in [0.15, 0.2) is 5.13 Å². The first kappa shape index (κ1) is 20.3. The van der Waals surface area contributed by atoms with Crippen molar-refractivity contribution >= 4 is 28.1 Å². The van der Waals surface area contributed by atoms with Gasteiger partial charge in [-0.25, -0.2) is 9.78 Å². The molecule has 0 saturated carbocycles. The molecule has 6 nitrogen and oxygen atoms in total. The largest absolute Gasteiger partial charge is 0.476 e. The average molecular weight is 430 g/mol. The third-order valence-electron chi connectivity index (χ3n) is 4.78. The van der Waals surface area contributed by atoms with Crippen LogP contribution in [0.15, 0.2) is 102 Å². The van der Waals surface area contributed by atoms with E-state index in [1.54, 1.807) is 5.38 Å². The van der Waals surface area contributed by atoms with E-state index in [0.717, 1.165) is 28.0 Å². The van der Waals surface area contributed by atoms with Gasteiger partial charge >= 0.3 is 5.97 Å². The third kappa shape index (κ3) is 4.04. The van der Waals surface area contributed by atoms with Gasteiger partial charge in [-0.2, -0.15) is 0 Å². The van der Waals surface area contributed by atoms with Crippen LogP contribution >= 0.6 is 11.3 Å². The zero-order valence-corrected chi connectivity index (χ0v) is 17.2. The number of aromatic nitrogens is 1. The maximum absolute atomic E-state index is 11.9. The van der Waals surface area contributed by atoms with Gasteiger partial charge < -0.3 is 15.7 Å². The Bertz CT molecular complexity index is 1100. The number of aliphatic carboxylic acids is 1. The number of carbonyl (C=O) groups is 1. The molecule has 0 spiro atoms. The van der Waals surface area contributed by atoms with Crippen molar-refractivity contribution < 1.29 is 14.7 Å². The molecule has 7 heteroatoms. The molecule has 4 rings (SSSR count). The summed E-state index contributed by atoms with van der Waals surface area (Å²) in [7, 11) is 0. The van der Waals surface area contributed by atoms with Crippen molar-refractivity contribution in [3.05, 3.63) is 119 Å². The number of benzene rings is 3. The number of nitrogens with zero attached hydrogens (tertiary/aromatic N) is 2. The van der Waals surface area contributed by atoms with Crippen molar-refractivity contribution in [3.63, 3.8) is 0 Å². The van der Waals surface area contributed by atoms with Crippen LogP contribution in [0, 0.1) is 0 Å². The van der Waals surface area contributed by atoms with Crippen LogP contribution in [-0.4, -0.2) is 21.8 Å². The lowest BCUT2D eigenvalue weighted by Crippen LogP contribution is -2.32. The second-order valence-electron chi connectivity index (χ2n) is 6.69. The second kappa shape index (κ2) is 8.81. The highest BCUT2D eigenvalue weighted by atomic mass is 32.1. The zero-order valence-electron chi connectivity index (χ0n) is 16.4. The van der Waals surface area contributed by atoms with Gasteiger partial charge in [0, 0.05) is 22.1 Å². The molecule has 0 aliphatic heterocycles. The van der Waals surface area contributed by atoms with Crippen LogP contribution in [0.1, 0.15) is 22.4 Å². The standard InChI is InChI=1S/C24H19N3O3S/c25-23-26-20(16-31-23)21(22(28)29)27-30-24(17-10-4-1-5-11-17,18-12-6-2-7-13-18)19-14-8-3-9-15-19/h1-16H,(H2,25,26)(H,28,29)/b27-21+. The molecule has 3 aromatic carbocycles. The molecule has 0 radical (unpaired) electrons. The van der Waals surface area contributed by atoms with E-state index in [1.165, 1.54) is 0 Å². The van der Waals surface area contributed by atoms with Gasteiger partial charge in [-0.3, -0.25) is 0 Å². The van der Waals surface area contributed by atoms with Crippen LogP contribution in [0.25, 0.3) is 0 Å². The van der Waals surface area contributed by atoms with E-state index in [9.17, 15) is 9.90 Å². The van der Waals surface area contributed by atoms with Crippen molar-refractivity contribution in [2.75, 3.05) is 5.73 Å². The second-order valence-corrected chi connectivity index (χ2v) is 7.58. The molecule has 0 atom stereocenters. The smallest absolute Gasteiger partial charge is 0.360 e. The summed E-state index contributed by atoms with van der Waals surface area (Å²) in [6, 6.07) is 28.7. The topological polar surface area (TPSA) is 97.8 Å². The van der Waals surface area contributed by atoms with Crippen LogP contribution in [-0.2, 0) is 15.2 Å². The molecule has 31 heavy (non-hydrogen) atoms. The molecule has 0 saturated heterocycles. The van der Waals surface area contributed by atoms with E-state index >= 15 is 0 Å². The minimum atomic E-state index is -1.26. The number of thiazole rings is 1. The Morgan fingerprint density at radius 3 is 1.68 bits per heavy atom. The molecule has 0 bridgehead atoms. The maximum Gasteiger partial charge on any atom is 0.360 e. The monoisotopic (exact) mass is 429 g/mol. The summed E-state index contributed by atoms with van der Waals surface area (Å²) in [5.74, 6) is -1.26. The number of carboxylic acids is 1. The predicted molar refractivity (Wildman–Crippen MR) is 121 cm³/mol. The van der Waals surface area contributed by atoms with Crippen molar-refractivity contribution in [3.8, 4) is 0 Å². The molecule has 0 aliphatic carbocycles. The Labute approximate surface area is 183 Å². The number of anilines is 1. The molecule has 0 fully saturated rings. The van der Waals surface area contributed by atoms with Crippen molar-refractivity contribution in [2.45, 2.75) is 5.60 Å². The summed E-state index contributed by atoms with van der Waals surface area (Å²) >= 11 is 1.14. The van der Waals surface area contributed by atoms with E-state index in [1.807, 2.05) is 91.0 Å². The fraction of sp³-hybridized carbons (Fsp3) is 0.0417. The summed E-state index contributed by atoms with van der Waals surface area (Å²) in [5.41, 5.74) is 6.76. The lowest BCUT2D eigenvalue weighted by Gasteiger charge is -2.33. The van der Waals surface area contributed by atoms with Gasteiger partial charge in [0.2, 0.25) is 11.3 Å². The first-order valence-electron chi connectivity index (χ1n) is 9.48. The van der Waals surface area contributed by atoms with Crippen molar-refractivity contribution in [2.24, 2.45) is 5.16 Å². The number of hydrogen-bond acceptors (Lipinski definition) is 6. The molecule has 0 unspecified atom stereocenters. The fourth-order valence-electron chi connectivity index (χ4n) is 3.38. The molecule has 154 valence electrons. The summed E-state index contributed by atoms with van der Waals surface area (Å²) < 4.78 is 0. The van der Waals surface area contributed by atoms with E-state index in [0.29, 0.717) is 0 Å².